The maximum Gasteiger partial charge on any atom is 0.253 e. The summed E-state index contributed by atoms with van der Waals surface area (Å²) >= 11 is 0. The molecule has 2 aliphatic rings. The van der Waals surface area contributed by atoms with E-state index in [4.69, 9.17) is 11.3 Å². The van der Waals surface area contributed by atoms with Gasteiger partial charge in [0.1, 0.15) is 11.9 Å². The molecule has 2 fully saturated rings. The number of rotatable bonds is 16. The number of benzene rings is 2. The third-order valence-electron chi connectivity index (χ3n) is 9.72. The molecule has 240 valence electrons. The van der Waals surface area contributed by atoms with Crippen LogP contribution in [0.25, 0.3) is 0 Å². The van der Waals surface area contributed by atoms with Crippen molar-refractivity contribution in [2.24, 2.45) is 27.9 Å². The monoisotopic (exact) mass is 610 g/mol. The van der Waals surface area contributed by atoms with Crippen molar-refractivity contribution in [2.75, 3.05) is 19.6 Å². The van der Waals surface area contributed by atoms with E-state index in [0.29, 0.717) is 36.4 Å². The molecule has 9 heteroatoms. The van der Waals surface area contributed by atoms with E-state index in [-0.39, 0.29) is 29.7 Å². The minimum Gasteiger partial charge on any atom is -0.385 e. The van der Waals surface area contributed by atoms with Crippen LogP contribution in [0.2, 0.25) is 0 Å². The molecule has 2 aromatic carbocycles. The first kappa shape index (κ1) is 33.9. The van der Waals surface area contributed by atoms with Crippen LogP contribution in [0.15, 0.2) is 71.1 Å². The molecule has 4 rings (SSSR count). The fourth-order valence-corrected chi connectivity index (χ4v) is 7.08. The van der Waals surface area contributed by atoms with Crippen LogP contribution in [0, 0.1) is 28.7 Å². The lowest BCUT2D eigenvalue weighted by molar-refractivity contribution is 0.0792. The van der Waals surface area contributed by atoms with Crippen molar-refractivity contribution in [1.82, 2.24) is 15.1 Å². The fraction of sp³-hybridized carbons (Fsp3) is 0.528. The van der Waals surface area contributed by atoms with E-state index in [1.807, 2.05) is 48.2 Å². The Morgan fingerprint density at radius 3 is 2.53 bits per heavy atom. The Morgan fingerprint density at radius 2 is 1.91 bits per heavy atom. The number of nitrogens with one attached hydrogen (secondary N) is 2. The molecule has 1 aliphatic heterocycles. The highest BCUT2D eigenvalue weighted by atomic mass is 16.2. The Hall–Kier alpha value is -4.03. The Labute approximate surface area is 269 Å². The van der Waals surface area contributed by atoms with Crippen LogP contribution in [-0.2, 0) is 12.8 Å². The lowest BCUT2D eigenvalue weighted by atomic mass is 9.85. The molecule has 5 unspecified atom stereocenters. The van der Waals surface area contributed by atoms with Crippen molar-refractivity contribution >= 4 is 11.7 Å². The van der Waals surface area contributed by atoms with Crippen LogP contribution in [0.3, 0.4) is 0 Å². The number of amides is 1. The van der Waals surface area contributed by atoms with E-state index in [9.17, 15) is 10.1 Å². The summed E-state index contributed by atoms with van der Waals surface area (Å²) in [5, 5.41) is 20.6. The van der Waals surface area contributed by atoms with Gasteiger partial charge in [-0.3, -0.25) is 4.79 Å². The van der Waals surface area contributed by atoms with Crippen LogP contribution >= 0.6 is 0 Å². The van der Waals surface area contributed by atoms with Crippen LogP contribution in [-0.4, -0.2) is 59.3 Å². The summed E-state index contributed by atoms with van der Waals surface area (Å²) in [6.45, 7) is 15.0. The second-order valence-electron chi connectivity index (χ2n) is 12.8. The van der Waals surface area contributed by atoms with Crippen molar-refractivity contribution in [1.29, 1.82) is 10.8 Å². The summed E-state index contributed by atoms with van der Waals surface area (Å²) < 4.78 is 0. The van der Waals surface area contributed by atoms with Gasteiger partial charge < -0.3 is 20.9 Å². The number of aryl methyl sites for hydroxylation is 2. The molecule has 9 nitrogen and oxygen atoms in total. The topological polar surface area (TPSA) is 134 Å². The van der Waals surface area contributed by atoms with Gasteiger partial charge in [0.15, 0.2) is 0 Å². The van der Waals surface area contributed by atoms with Gasteiger partial charge in [0.05, 0.1) is 6.07 Å². The molecule has 6 atom stereocenters. The third kappa shape index (κ3) is 8.37. The van der Waals surface area contributed by atoms with E-state index >= 15 is 0 Å². The number of nitrogens with zero attached hydrogens (tertiary/aromatic N) is 5. The van der Waals surface area contributed by atoms with Gasteiger partial charge in [-0.25, -0.2) is 0 Å². The van der Waals surface area contributed by atoms with Crippen molar-refractivity contribution in [2.45, 2.75) is 90.3 Å². The zero-order valence-corrected chi connectivity index (χ0v) is 27.4. The van der Waals surface area contributed by atoms with Crippen LogP contribution < -0.4 is 11.1 Å². The van der Waals surface area contributed by atoms with Gasteiger partial charge in [0.25, 0.3) is 5.91 Å². The largest absolute Gasteiger partial charge is 0.385 e. The zero-order chi connectivity index (χ0) is 32.5. The predicted octanol–water partition coefficient (Wildman–Crippen LogP) is 6.24. The number of carbonyl (C=O) groups is 1. The van der Waals surface area contributed by atoms with E-state index < -0.39 is 0 Å². The molecule has 0 radical (unpaired) electrons. The second-order valence-corrected chi connectivity index (χ2v) is 12.8. The number of likely N-dealkylation sites (tertiary alicyclic amines) is 1. The zero-order valence-electron chi connectivity index (χ0n) is 27.4. The first-order chi connectivity index (χ1) is 21.7. The Balaban J connectivity index is 1.55. The highest BCUT2D eigenvalue weighted by Crippen LogP contribution is 2.47. The number of nitriles is 1. The van der Waals surface area contributed by atoms with Gasteiger partial charge >= 0.3 is 0 Å². The normalized spacial score (nSPS) is 21.4. The number of carbonyl (C=O) groups excluding carboxylic acids is 1. The first-order valence-corrected chi connectivity index (χ1v) is 16.4. The molecule has 1 heterocycles. The van der Waals surface area contributed by atoms with Crippen LogP contribution in [0.5, 0.6) is 0 Å². The predicted molar refractivity (Wildman–Crippen MR) is 180 cm³/mol. The highest BCUT2D eigenvalue weighted by Gasteiger charge is 2.50. The minimum atomic E-state index is -0.307. The molecule has 4 N–H and O–H groups in total. The quantitative estimate of drug-likeness (QED) is 0.0896. The summed E-state index contributed by atoms with van der Waals surface area (Å²) in [4.78, 5) is 17.5. The average molecular weight is 611 g/mol. The van der Waals surface area contributed by atoms with Crippen molar-refractivity contribution in [3.8, 4) is 6.07 Å². The second kappa shape index (κ2) is 15.8. The molecule has 0 aromatic heterocycles. The number of amidine groups is 1. The third-order valence-corrected chi connectivity index (χ3v) is 9.72. The Bertz CT molecular complexity index is 1390. The molecular weight excluding hydrogens is 560 g/mol. The molecule has 1 aliphatic carbocycles. The van der Waals surface area contributed by atoms with E-state index in [1.54, 1.807) is 0 Å². The molecule has 1 saturated heterocycles. The SMILES string of the molecule is C=C(CNC(C)CC(C(N)=NN=N)c1ccc(C(=O)N2CCCC2)cc1CCc1ccccc1)N(C(C)C#N)C1C(CC)[C@@H]1C. The van der Waals surface area contributed by atoms with Gasteiger partial charge in [0.2, 0.25) is 0 Å². The summed E-state index contributed by atoms with van der Waals surface area (Å²) in [6.07, 6.45) is 5.34. The van der Waals surface area contributed by atoms with Gasteiger partial charge in [0, 0.05) is 48.9 Å². The summed E-state index contributed by atoms with van der Waals surface area (Å²) in [5.74, 6) is 1.16. The summed E-state index contributed by atoms with van der Waals surface area (Å²) in [7, 11) is 0. The smallest absolute Gasteiger partial charge is 0.253 e. The molecule has 0 spiro atoms. The van der Waals surface area contributed by atoms with Gasteiger partial charge in [-0.05, 0) is 86.6 Å². The standard InChI is InChI=1S/C36H50N8O/c1-6-31-27(5)34(31)44(25(3)22-37)26(4)23-40-24(2)20-33(35(38)41-42-39)32-17-16-30(36(45)43-18-10-11-19-43)21-29(32)15-14-28-12-8-7-9-13-28/h7-9,12-13,16-17,21,24-25,27,31,33-34,40H,4,6,10-11,14-15,18-20,23H2,1-3,5H3,(H3,38,39,41)/t24?,25?,27-,31?,33?,34?/m0/s1. The number of hydrogen-bond donors (Lipinski definition) is 3. The van der Waals surface area contributed by atoms with E-state index in [0.717, 1.165) is 62.0 Å². The fourth-order valence-electron chi connectivity index (χ4n) is 7.08. The highest BCUT2D eigenvalue weighted by molar-refractivity contribution is 5.95. The molecule has 0 bridgehead atoms. The Morgan fingerprint density at radius 1 is 1.20 bits per heavy atom. The van der Waals surface area contributed by atoms with Crippen molar-refractivity contribution in [3.05, 3.63) is 83.1 Å². The molecule has 45 heavy (non-hydrogen) atoms. The summed E-state index contributed by atoms with van der Waals surface area (Å²) in [6, 6.07) is 18.8. The van der Waals surface area contributed by atoms with E-state index in [1.165, 1.54) is 5.56 Å². The molecular formula is C36H50N8O. The molecule has 1 saturated carbocycles. The van der Waals surface area contributed by atoms with Crippen LogP contribution in [0.1, 0.15) is 86.3 Å². The summed E-state index contributed by atoms with van der Waals surface area (Å²) in [5.41, 5.74) is 18.8. The lowest BCUT2D eigenvalue weighted by Gasteiger charge is -2.31. The number of hydrogen-bond acceptors (Lipinski definition) is 6. The average Bonchev–Trinajstić information content (AvgIpc) is 3.39. The Kier molecular flexibility index (Phi) is 11.9. The van der Waals surface area contributed by atoms with Crippen molar-refractivity contribution in [3.63, 3.8) is 0 Å². The molecule has 2 aromatic rings. The lowest BCUT2D eigenvalue weighted by Crippen LogP contribution is -2.41. The van der Waals surface area contributed by atoms with Gasteiger partial charge in [-0.1, -0.05) is 68.5 Å². The maximum atomic E-state index is 13.3. The maximum absolute atomic E-state index is 13.3. The van der Waals surface area contributed by atoms with Gasteiger partial charge in [-0.2, -0.15) is 10.8 Å². The first-order valence-electron chi connectivity index (χ1n) is 16.4. The number of nitrogens with two attached hydrogens (primary N) is 1. The van der Waals surface area contributed by atoms with Crippen molar-refractivity contribution < 1.29 is 4.79 Å². The van der Waals surface area contributed by atoms with Crippen LogP contribution in [0.4, 0.5) is 0 Å². The molecule has 1 amide bonds. The minimum absolute atomic E-state index is 0.0111. The van der Waals surface area contributed by atoms with E-state index in [2.05, 4.69) is 66.1 Å². The van der Waals surface area contributed by atoms with Gasteiger partial charge in [-0.15, -0.1) is 5.10 Å².